The van der Waals surface area contributed by atoms with Crippen molar-refractivity contribution in [2.45, 2.75) is 0 Å². The Morgan fingerprint density at radius 1 is 0.315 bits per heavy atom. The summed E-state index contributed by atoms with van der Waals surface area (Å²) in [7, 11) is 0. The average Bonchev–Trinajstić information content (AvgIpc) is 3.63. The van der Waals surface area contributed by atoms with Crippen LogP contribution in [0.4, 0.5) is 17.1 Å². The lowest BCUT2D eigenvalue weighted by atomic mass is 9.89. The second kappa shape index (κ2) is 13.4. The Morgan fingerprint density at radius 3 is 1.56 bits per heavy atom. The van der Waals surface area contributed by atoms with E-state index in [1.54, 1.807) is 0 Å². The van der Waals surface area contributed by atoms with E-state index in [0.29, 0.717) is 0 Å². The molecule has 10 rings (SSSR count). The van der Waals surface area contributed by atoms with Gasteiger partial charge in [-0.25, -0.2) is 0 Å². The van der Waals surface area contributed by atoms with Crippen LogP contribution in [0.2, 0.25) is 0 Å². The first kappa shape index (κ1) is 31.6. The third kappa shape index (κ3) is 5.71. The Kier molecular flexibility index (Phi) is 7.85. The zero-order valence-electron chi connectivity index (χ0n) is 29.6. The number of benzene rings is 9. The van der Waals surface area contributed by atoms with Crippen LogP contribution < -0.4 is 4.90 Å². The van der Waals surface area contributed by atoms with E-state index >= 15 is 0 Å². The molecule has 0 aliphatic rings. The number of nitrogens with zero attached hydrogens (tertiary/aromatic N) is 1. The monoisotopic (exact) mass is 689 g/mol. The summed E-state index contributed by atoms with van der Waals surface area (Å²) in [5.74, 6) is 0. The Hall–Kier alpha value is -7.16. The smallest absolute Gasteiger partial charge is 0.136 e. The molecule has 0 saturated carbocycles. The number of hydrogen-bond donors (Lipinski definition) is 0. The highest BCUT2D eigenvalue weighted by atomic mass is 16.3. The van der Waals surface area contributed by atoms with Crippen LogP contribution in [0.25, 0.3) is 77.2 Å². The first-order chi connectivity index (χ1) is 26.8. The van der Waals surface area contributed by atoms with Crippen LogP contribution in [-0.4, -0.2) is 0 Å². The molecule has 9 aromatic carbocycles. The van der Waals surface area contributed by atoms with Crippen molar-refractivity contribution in [3.05, 3.63) is 212 Å². The van der Waals surface area contributed by atoms with E-state index in [4.69, 9.17) is 4.42 Å². The van der Waals surface area contributed by atoms with Crippen LogP contribution in [0.15, 0.2) is 217 Å². The summed E-state index contributed by atoms with van der Waals surface area (Å²) in [4.78, 5) is 2.36. The SMILES string of the molecule is c1ccc(-c2ccc(N(c3ccc(-c4ccccc4)cc3)c3cccc(-c4ccc5oc6ccccc6c5c4-c4ccc5ccccc5c4)c3)cc2)cc1. The zero-order chi connectivity index (χ0) is 35.8. The molecule has 0 unspecified atom stereocenters. The average molecular weight is 690 g/mol. The maximum Gasteiger partial charge on any atom is 0.136 e. The summed E-state index contributed by atoms with van der Waals surface area (Å²) in [5.41, 5.74) is 14.4. The normalized spacial score (nSPS) is 11.3. The maximum absolute atomic E-state index is 6.45. The highest BCUT2D eigenvalue weighted by Crippen LogP contribution is 2.45. The lowest BCUT2D eigenvalue weighted by Gasteiger charge is -2.27. The van der Waals surface area contributed by atoms with Crippen molar-refractivity contribution in [2.75, 3.05) is 4.90 Å². The highest BCUT2D eigenvalue weighted by molar-refractivity contribution is 6.16. The van der Waals surface area contributed by atoms with Crippen LogP contribution in [0.1, 0.15) is 0 Å². The van der Waals surface area contributed by atoms with Gasteiger partial charge in [0.15, 0.2) is 0 Å². The molecule has 0 radical (unpaired) electrons. The molecule has 0 bridgehead atoms. The van der Waals surface area contributed by atoms with Crippen LogP contribution in [0.5, 0.6) is 0 Å². The van der Waals surface area contributed by atoms with E-state index in [0.717, 1.165) is 55.7 Å². The summed E-state index contributed by atoms with van der Waals surface area (Å²) in [6, 6.07) is 75.9. The molecule has 0 amide bonds. The van der Waals surface area contributed by atoms with Crippen molar-refractivity contribution in [3.63, 3.8) is 0 Å². The van der Waals surface area contributed by atoms with Gasteiger partial charge in [-0.1, -0.05) is 158 Å². The first-order valence-electron chi connectivity index (χ1n) is 18.4. The molecule has 2 heteroatoms. The highest BCUT2D eigenvalue weighted by Gasteiger charge is 2.20. The maximum atomic E-state index is 6.45. The fourth-order valence-electron chi connectivity index (χ4n) is 7.83. The molecule has 1 aromatic heterocycles. The molecule has 0 N–H and O–H groups in total. The van der Waals surface area contributed by atoms with Gasteiger partial charge in [0.05, 0.1) is 0 Å². The standard InChI is InChI=1S/C52H35NO/c1-3-12-36(13-4-1)39-24-28-44(29-25-39)53(45-30-26-40(27-31-45)37-14-5-2-6-15-37)46-19-11-18-42(35-46)47-32-33-50-52(48-20-9-10-21-49(48)54-50)51(47)43-23-22-38-16-7-8-17-41(38)34-43/h1-35H. The quantitative estimate of drug-likeness (QED) is 0.166. The molecule has 0 aliphatic carbocycles. The van der Waals surface area contributed by atoms with E-state index in [1.807, 2.05) is 6.07 Å². The number of anilines is 3. The fourth-order valence-corrected chi connectivity index (χ4v) is 7.83. The molecular weight excluding hydrogens is 655 g/mol. The topological polar surface area (TPSA) is 16.4 Å². The Bertz CT molecular complexity index is 2820. The van der Waals surface area contributed by atoms with E-state index in [2.05, 4.69) is 211 Å². The lowest BCUT2D eigenvalue weighted by molar-refractivity contribution is 0.669. The van der Waals surface area contributed by atoms with Gasteiger partial charge in [0, 0.05) is 33.4 Å². The Labute approximate surface area is 314 Å². The minimum atomic E-state index is 0.887. The van der Waals surface area contributed by atoms with Gasteiger partial charge >= 0.3 is 0 Å². The second-order valence-electron chi connectivity index (χ2n) is 13.7. The number of rotatable bonds is 7. The van der Waals surface area contributed by atoms with Crippen molar-refractivity contribution in [2.24, 2.45) is 0 Å². The largest absolute Gasteiger partial charge is 0.456 e. The Morgan fingerprint density at radius 2 is 0.870 bits per heavy atom. The predicted molar refractivity (Wildman–Crippen MR) is 228 cm³/mol. The summed E-state index contributed by atoms with van der Waals surface area (Å²) < 4.78 is 6.45. The van der Waals surface area contributed by atoms with Gasteiger partial charge < -0.3 is 9.32 Å². The summed E-state index contributed by atoms with van der Waals surface area (Å²) in [5, 5.41) is 4.69. The van der Waals surface area contributed by atoms with Gasteiger partial charge in [-0.05, 0) is 104 Å². The number of hydrogen-bond acceptors (Lipinski definition) is 2. The molecular formula is C52H35NO. The van der Waals surface area contributed by atoms with Gasteiger partial charge in [0.1, 0.15) is 11.2 Å². The van der Waals surface area contributed by atoms with Gasteiger partial charge in [-0.2, -0.15) is 0 Å². The minimum absolute atomic E-state index is 0.887. The van der Waals surface area contributed by atoms with Crippen molar-refractivity contribution in [3.8, 4) is 44.5 Å². The Balaban J connectivity index is 1.15. The van der Waals surface area contributed by atoms with Gasteiger partial charge in [0.2, 0.25) is 0 Å². The van der Waals surface area contributed by atoms with Crippen molar-refractivity contribution < 1.29 is 4.42 Å². The molecule has 0 atom stereocenters. The second-order valence-corrected chi connectivity index (χ2v) is 13.7. The molecule has 0 aliphatic heterocycles. The van der Waals surface area contributed by atoms with E-state index in [1.165, 1.54) is 38.6 Å². The lowest BCUT2D eigenvalue weighted by Crippen LogP contribution is -2.10. The van der Waals surface area contributed by atoms with E-state index < -0.39 is 0 Å². The predicted octanol–water partition coefficient (Wildman–Crippen LogP) is 14.9. The third-order valence-corrected chi connectivity index (χ3v) is 10.5. The summed E-state index contributed by atoms with van der Waals surface area (Å²) in [6.07, 6.45) is 0. The van der Waals surface area contributed by atoms with Crippen molar-refractivity contribution >= 4 is 49.8 Å². The van der Waals surface area contributed by atoms with E-state index in [-0.39, 0.29) is 0 Å². The zero-order valence-corrected chi connectivity index (χ0v) is 29.6. The molecule has 2 nitrogen and oxygen atoms in total. The van der Waals surface area contributed by atoms with Gasteiger partial charge in [0.25, 0.3) is 0 Å². The molecule has 10 aromatic rings. The van der Waals surface area contributed by atoms with E-state index in [9.17, 15) is 0 Å². The first-order valence-corrected chi connectivity index (χ1v) is 18.4. The summed E-state index contributed by atoms with van der Waals surface area (Å²) >= 11 is 0. The molecule has 254 valence electrons. The fraction of sp³-hybridized carbons (Fsp3) is 0. The minimum Gasteiger partial charge on any atom is -0.456 e. The van der Waals surface area contributed by atoms with Gasteiger partial charge in [-0.15, -0.1) is 0 Å². The third-order valence-electron chi connectivity index (χ3n) is 10.5. The molecule has 0 spiro atoms. The van der Waals surface area contributed by atoms with Crippen LogP contribution >= 0.6 is 0 Å². The van der Waals surface area contributed by atoms with Crippen molar-refractivity contribution in [1.29, 1.82) is 0 Å². The molecule has 54 heavy (non-hydrogen) atoms. The van der Waals surface area contributed by atoms with Crippen molar-refractivity contribution in [1.82, 2.24) is 0 Å². The summed E-state index contributed by atoms with van der Waals surface area (Å²) in [6.45, 7) is 0. The number of para-hydroxylation sites is 1. The van der Waals surface area contributed by atoms with Gasteiger partial charge in [-0.3, -0.25) is 0 Å². The molecule has 0 fully saturated rings. The molecule has 0 saturated heterocycles. The van der Waals surface area contributed by atoms with Crippen LogP contribution in [-0.2, 0) is 0 Å². The van der Waals surface area contributed by atoms with Crippen LogP contribution in [0, 0.1) is 0 Å². The number of fused-ring (bicyclic) bond motifs is 4. The number of furan rings is 1. The molecule has 1 heterocycles. The van der Waals surface area contributed by atoms with Crippen LogP contribution in [0.3, 0.4) is 0 Å².